The van der Waals surface area contributed by atoms with Crippen molar-refractivity contribution in [2.75, 3.05) is 12.8 Å². The van der Waals surface area contributed by atoms with Crippen molar-refractivity contribution >= 4 is 5.69 Å². The quantitative estimate of drug-likeness (QED) is 0.871. The summed E-state index contributed by atoms with van der Waals surface area (Å²) in [7, 11) is 1.42. The van der Waals surface area contributed by atoms with E-state index in [0.29, 0.717) is 5.75 Å². The number of ether oxygens (including phenoxy) is 2. The van der Waals surface area contributed by atoms with E-state index in [0.717, 1.165) is 19.3 Å². The van der Waals surface area contributed by atoms with Crippen LogP contribution in [0.25, 0.3) is 0 Å². The molecule has 1 aliphatic carbocycles. The molecule has 21 heavy (non-hydrogen) atoms. The van der Waals surface area contributed by atoms with Crippen LogP contribution in [0.3, 0.4) is 0 Å². The standard InChI is InChI=1S/C17H18FNO2/c1-20-16-10-17(14(19)9-13(16)18)21-15-8-4-6-11-5-2-3-7-12(11)15/h2-3,5,7,9-10,15H,4,6,8,19H2,1H3. The highest BCUT2D eigenvalue weighted by molar-refractivity contribution is 5.56. The Hall–Kier alpha value is -2.23. The van der Waals surface area contributed by atoms with Gasteiger partial charge in [0, 0.05) is 12.1 Å². The van der Waals surface area contributed by atoms with Crippen molar-refractivity contribution in [3.8, 4) is 11.5 Å². The van der Waals surface area contributed by atoms with E-state index in [1.54, 1.807) is 0 Å². The first-order valence-electron chi connectivity index (χ1n) is 7.06. The summed E-state index contributed by atoms with van der Waals surface area (Å²) < 4.78 is 24.6. The van der Waals surface area contributed by atoms with E-state index in [2.05, 4.69) is 12.1 Å². The zero-order valence-corrected chi connectivity index (χ0v) is 11.9. The maximum absolute atomic E-state index is 13.6. The Balaban J connectivity index is 1.91. The Morgan fingerprint density at radius 1 is 1.19 bits per heavy atom. The number of nitrogen functional groups attached to an aromatic ring is 1. The van der Waals surface area contributed by atoms with Crippen LogP contribution in [-0.4, -0.2) is 7.11 Å². The van der Waals surface area contributed by atoms with Crippen LogP contribution >= 0.6 is 0 Å². The molecule has 0 bridgehead atoms. The molecule has 0 heterocycles. The van der Waals surface area contributed by atoms with Gasteiger partial charge in [-0.25, -0.2) is 4.39 Å². The molecule has 0 fully saturated rings. The largest absolute Gasteiger partial charge is 0.494 e. The molecule has 0 radical (unpaired) electrons. The summed E-state index contributed by atoms with van der Waals surface area (Å²) in [4.78, 5) is 0. The van der Waals surface area contributed by atoms with E-state index in [4.69, 9.17) is 15.2 Å². The number of rotatable bonds is 3. The van der Waals surface area contributed by atoms with Crippen molar-refractivity contribution in [1.82, 2.24) is 0 Å². The molecule has 3 rings (SSSR count). The smallest absolute Gasteiger partial charge is 0.167 e. The Labute approximate surface area is 123 Å². The lowest BCUT2D eigenvalue weighted by Gasteiger charge is -2.27. The average Bonchev–Trinajstić information content (AvgIpc) is 2.50. The van der Waals surface area contributed by atoms with Gasteiger partial charge in [-0.05, 0) is 30.4 Å². The lowest BCUT2D eigenvalue weighted by atomic mass is 9.89. The van der Waals surface area contributed by atoms with Crippen LogP contribution in [0.15, 0.2) is 36.4 Å². The molecule has 1 aliphatic rings. The summed E-state index contributed by atoms with van der Waals surface area (Å²) in [6, 6.07) is 11.0. The van der Waals surface area contributed by atoms with E-state index in [1.807, 2.05) is 12.1 Å². The monoisotopic (exact) mass is 287 g/mol. The second-order valence-electron chi connectivity index (χ2n) is 5.22. The third-order valence-corrected chi connectivity index (χ3v) is 3.87. The molecular formula is C17H18FNO2. The van der Waals surface area contributed by atoms with Crippen molar-refractivity contribution < 1.29 is 13.9 Å². The third-order valence-electron chi connectivity index (χ3n) is 3.87. The van der Waals surface area contributed by atoms with Crippen molar-refractivity contribution in [2.45, 2.75) is 25.4 Å². The minimum atomic E-state index is -0.480. The van der Waals surface area contributed by atoms with Crippen LogP contribution in [-0.2, 0) is 6.42 Å². The topological polar surface area (TPSA) is 44.5 Å². The molecule has 0 aliphatic heterocycles. The molecule has 2 aromatic rings. The van der Waals surface area contributed by atoms with E-state index in [9.17, 15) is 4.39 Å². The SMILES string of the molecule is COc1cc(OC2CCCc3ccccc32)c(N)cc1F. The fourth-order valence-electron chi connectivity index (χ4n) is 2.79. The number of methoxy groups -OCH3 is 1. The minimum Gasteiger partial charge on any atom is -0.494 e. The second kappa shape index (κ2) is 5.64. The fourth-order valence-corrected chi connectivity index (χ4v) is 2.79. The highest BCUT2D eigenvalue weighted by atomic mass is 19.1. The van der Waals surface area contributed by atoms with Gasteiger partial charge in [0.15, 0.2) is 11.6 Å². The van der Waals surface area contributed by atoms with Crippen molar-refractivity contribution in [2.24, 2.45) is 0 Å². The molecular weight excluding hydrogens is 269 g/mol. The summed E-state index contributed by atoms with van der Waals surface area (Å²) in [5.74, 6) is 0.129. The summed E-state index contributed by atoms with van der Waals surface area (Å²) >= 11 is 0. The first kappa shape index (κ1) is 13.7. The van der Waals surface area contributed by atoms with E-state index in [-0.39, 0.29) is 17.5 Å². The number of hydrogen-bond acceptors (Lipinski definition) is 3. The Morgan fingerprint density at radius 2 is 2.00 bits per heavy atom. The van der Waals surface area contributed by atoms with Crippen LogP contribution < -0.4 is 15.2 Å². The molecule has 1 unspecified atom stereocenters. The first-order chi connectivity index (χ1) is 10.2. The molecule has 2 aromatic carbocycles. The van der Waals surface area contributed by atoms with Gasteiger partial charge in [-0.1, -0.05) is 24.3 Å². The van der Waals surface area contributed by atoms with Crippen molar-refractivity contribution in [3.63, 3.8) is 0 Å². The normalized spacial score (nSPS) is 17.1. The van der Waals surface area contributed by atoms with Crippen LogP contribution in [0.4, 0.5) is 10.1 Å². The summed E-state index contributed by atoms with van der Waals surface area (Å²) in [6.07, 6.45) is 3.02. The average molecular weight is 287 g/mol. The van der Waals surface area contributed by atoms with Crippen molar-refractivity contribution in [1.29, 1.82) is 0 Å². The number of fused-ring (bicyclic) bond motifs is 1. The zero-order chi connectivity index (χ0) is 14.8. The van der Waals surface area contributed by atoms with Gasteiger partial charge in [-0.15, -0.1) is 0 Å². The summed E-state index contributed by atoms with van der Waals surface area (Å²) in [6.45, 7) is 0. The van der Waals surface area contributed by atoms with Gasteiger partial charge in [0.25, 0.3) is 0 Å². The number of halogens is 1. The number of anilines is 1. The van der Waals surface area contributed by atoms with Gasteiger partial charge in [0.05, 0.1) is 12.8 Å². The van der Waals surface area contributed by atoms with Crippen LogP contribution in [0, 0.1) is 5.82 Å². The van der Waals surface area contributed by atoms with Gasteiger partial charge in [-0.2, -0.15) is 0 Å². The molecule has 0 spiro atoms. The highest BCUT2D eigenvalue weighted by Crippen LogP contribution is 2.37. The van der Waals surface area contributed by atoms with Crippen LogP contribution in [0.2, 0.25) is 0 Å². The number of aryl methyl sites for hydroxylation is 1. The first-order valence-corrected chi connectivity index (χ1v) is 7.06. The lowest BCUT2D eigenvalue weighted by Crippen LogP contribution is -2.15. The van der Waals surface area contributed by atoms with Gasteiger partial charge in [-0.3, -0.25) is 0 Å². The molecule has 0 saturated heterocycles. The van der Waals surface area contributed by atoms with Gasteiger partial charge < -0.3 is 15.2 Å². The molecule has 110 valence electrons. The predicted molar refractivity (Wildman–Crippen MR) is 80.1 cm³/mol. The maximum atomic E-state index is 13.6. The molecule has 1 atom stereocenters. The Morgan fingerprint density at radius 3 is 2.81 bits per heavy atom. The van der Waals surface area contributed by atoms with Crippen LogP contribution in [0.1, 0.15) is 30.1 Å². The van der Waals surface area contributed by atoms with Gasteiger partial charge in [0.1, 0.15) is 11.9 Å². The highest BCUT2D eigenvalue weighted by Gasteiger charge is 2.22. The predicted octanol–water partition coefficient (Wildman–Crippen LogP) is 3.87. The summed E-state index contributed by atoms with van der Waals surface area (Å²) in [5.41, 5.74) is 8.64. The molecule has 4 heteroatoms. The van der Waals surface area contributed by atoms with E-state index < -0.39 is 5.82 Å². The molecule has 0 aromatic heterocycles. The third kappa shape index (κ3) is 2.66. The number of benzene rings is 2. The summed E-state index contributed by atoms with van der Waals surface area (Å²) in [5, 5.41) is 0. The Bertz CT molecular complexity index is 657. The zero-order valence-electron chi connectivity index (χ0n) is 11.9. The number of hydrogen-bond donors (Lipinski definition) is 1. The van der Waals surface area contributed by atoms with E-state index in [1.165, 1.54) is 30.4 Å². The van der Waals surface area contributed by atoms with Gasteiger partial charge >= 0.3 is 0 Å². The number of nitrogens with two attached hydrogens (primary N) is 1. The Kier molecular flexibility index (Phi) is 3.69. The molecule has 0 amide bonds. The fraction of sp³-hybridized carbons (Fsp3) is 0.294. The lowest BCUT2D eigenvalue weighted by molar-refractivity contribution is 0.183. The maximum Gasteiger partial charge on any atom is 0.167 e. The second-order valence-corrected chi connectivity index (χ2v) is 5.22. The van der Waals surface area contributed by atoms with Gasteiger partial charge in [0.2, 0.25) is 0 Å². The minimum absolute atomic E-state index is 0.0487. The molecule has 2 N–H and O–H groups in total. The molecule has 3 nitrogen and oxygen atoms in total. The molecule has 0 saturated carbocycles. The van der Waals surface area contributed by atoms with E-state index >= 15 is 0 Å². The van der Waals surface area contributed by atoms with Crippen molar-refractivity contribution in [3.05, 3.63) is 53.3 Å². The van der Waals surface area contributed by atoms with Crippen LogP contribution in [0.5, 0.6) is 11.5 Å².